The maximum atomic E-state index is 11.5. The van der Waals surface area contributed by atoms with Crippen molar-refractivity contribution in [3.05, 3.63) is 0 Å². The Morgan fingerprint density at radius 2 is 2.19 bits per heavy atom. The van der Waals surface area contributed by atoms with Gasteiger partial charge in [0.05, 0.1) is 6.54 Å². The van der Waals surface area contributed by atoms with Gasteiger partial charge in [0.15, 0.2) is 0 Å². The second-order valence-corrected chi connectivity index (χ2v) is 5.20. The van der Waals surface area contributed by atoms with E-state index in [1.165, 1.54) is 6.42 Å². The maximum absolute atomic E-state index is 11.5. The molecule has 0 aromatic rings. The molecule has 1 fully saturated rings. The topological polar surface area (TPSA) is 67.2 Å². The molecule has 0 radical (unpaired) electrons. The Balaban J connectivity index is 2.11. The number of carbonyl (C=O) groups is 1. The Hall–Kier alpha value is -0.610. The molecule has 0 saturated heterocycles. The van der Waals surface area contributed by atoms with Crippen LogP contribution in [0.5, 0.6) is 0 Å². The zero-order valence-electron chi connectivity index (χ0n) is 10.5. The summed E-state index contributed by atoms with van der Waals surface area (Å²) in [4.78, 5) is 11.5. The molecule has 2 unspecified atom stereocenters. The number of hydrogen-bond donors (Lipinski definition) is 3. The van der Waals surface area contributed by atoms with E-state index >= 15 is 0 Å². The highest BCUT2D eigenvalue weighted by molar-refractivity contribution is 5.77. The van der Waals surface area contributed by atoms with E-state index < -0.39 is 0 Å². The number of nitrogens with one attached hydrogen (secondary N) is 2. The van der Waals surface area contributed by atoms with Crippen molar-refractivity contribution < 1.29 is 4.79 Å². The van der Waals surface area contributed by atoms with Crippen LogP contribution in [0.15, 0.2) is 0 Å². The third-order valence-corrected chi connectivity index (χ3v) is 2.97. The van der Waals surface area contributed by atoms with E-state index in [1.54, 1.807) is 0 Å². The summed E-state index contributed by atoms with van der Waals surface area (Å²) in [5.41, 5.74) is 5.89. The van der Waals surface area contributed by atoms with Gasteiger partial charge in [-0.25, -0.2) is 0 Å². The van der Waals surface area contributed by atoms with Gasteiger partial charge in [0, 0.05) is 18.6 Å². The SMILES string of the molecule is CC(C)CNC(=O)CNC1CCCC(N)C1. The van der Waals surface area contributed by atoms with Crippen LogP contribution in [0.4, 0.5) is 0 Å². The van der Waals surface area contributed by atoms with Gasteiger partial charge in [-0.2, -0.15) is 0 Å². The molecule has 0 aromatic carbocycles. The van der Waals surface area contributed by atoms with E-state index in [1.807, 2.05) is 0 Å². The van der Waals surface area contributed by atoms with E-state index in [0.717, 1.165) is 25.8 Å². The van der Waals surface area contributed by atoms with Gasteiger partial charge < -0.3 is 16.4 Å². The van der Waals surface area contributed by atoms with Crippen molar-refractivity contribution in [3.63, 3.8) is 0 Å². The van der Waals surface area contributed by atoms with Crippen LogP contribution in [-0.4, -0.2) is 31.1 Å². The summed E-state index contributed by atoms with van der Waals surface area (Å²) in [6, 6.07) is 0.735. The van der Waals surface area contributed by atoms with Crippen LogP contribution >= 0.6 is 0 Å². The lowest BCUT2D eigenvalue weighted by Crippen LogP contribution is -2.44. The minimum absolute atomic E-state index is 0.0906. The van der Waals surface area contributed by atoms with E-state index in [-0.39, 0.29) is 5.91 Å². The first kappa shape index (κ1) is 13.5. The molecule has 94 valence electrons. The smallest absolute Gasteiger partial charge is 0.233 e. The molecule has 2 atom stereocenters. The summed E-state index contributed by atoms with van der Waals surface area (Å²) >= 11 is 0. The first-order valence-corrected chi connectivity index (χ1v) is 6.33. The molecule has 1 amide bonds. The summed E-state index contributed by atoms with van der Waals surface area (Å²) in [5.74, 6) is 0.597. The zero-order valence-corrected chi connectivity index (χ0v) is 10.5. The van der Waals surface area contributed by atoms with Gasteiger partial charge >= 0.3 is 0 Å². The molecule has 0 bridgehead atoms. The quantitative estimate of drug-likeness (QED) is 0.645. The summed E-state index contributed by atoms with van der Waals surface area (Å²) in [7, 11) is 0. The zero-order chi connectivity index (χ0) is 12.0. The number of hydrogen-bond acceptors (Lipinski definition) is 3. The first-order chi connectivity index (χ1) is 7.58. The van der Waals surface area contributed by atoms with Crippen LogP contribution in [0, 0.1) is 5.92 Å². The van der Waals surface area contributed by atoms with Crippen LogP contribution in [0.1, 0.15) is 39.5 Å². The molecule has 4 heteroatoms. The van der Waals surface area contributed by atoms with Crippen molar-refractivity contribution in [2.45, 2.75) is 51.6 Å². The summed E-state index contributed by atoms with van der Waals surface area (Å²) in [6.07, 6.45) is 4.44. The highest BCUT2D eigenvalue weighted by Gasteiger charge is 2.19. The molecule has 4 nitrogen and oxygen atoms in total. The lowest BCUT2D eigenvalue weighted by molar-refractivity contribution is -0.120. The Labute approximate surface area is 98.3 Å². The predicted molar refractivity (Wildman–Crippen MR) is 66.1 cm³/mol. The van der Waals surface area contributed by atoms with Crippen LogP contribution in [-0.2, 0) is 4.79 Å². The third kappa shape index (κ3) is 5.47. The Morgan fingerprint density at radius 3 is 2.81 bits per heavy atom. The van der Waals surface area contributed by atoms with Crippen LogP contribution < -0.4 is 16.4 Å². The number of rotatable bonds is 5. The third-order valence-electron chi connectivity index (χ3n) is 2.97. The second-order valence-electron chi connectivity index (χ2n) is 5.20. The minimum atomic E-state index is 0.0906. The molecular weight excluding hydrogens is 202 g/mol. The van der Waals surface area contributed by atoms with Crippen molar-refractivity contribution in [2.24, 2.45) is 11.7 Å². The molecule has 0 heterocycles. The van der Waals surface area contributed by atoms with Crippen molar-refractivity contribution >= 4 is 5.91 Å². The highest BCUT2D eigenvalue weighted by atomic mass is 16.1. The fourth-order valence-corrected chi connectivity index (χ4v) is 2.03. The van der Waals surface area contributed by atoms with Gasteiger partial charge in [-0.3, -0.25) is 4.79 Å². The molecule has 1 rings (SSSR count). The van der Waals surface area contributed by atoms with Crippen LogP contribution in [0.25, 0.3) is 0 Å². The average molecular weight is 227 g/mol. The molecule has 0 aromatic heterocycles. The molecule has 16 heavy (non-hydrogen) atoms. The molecule has 0 spiro atoms. The van der Waals surface area contributed by atoms with Crippen molar-refractivity contribution in [1.82, 2.24) is 10.6 Å². The van der Waals surface area contributed by atoms with Gasteiger partial charge in [0.2, 0.25) is 5.91 Å². The van der Waals surface area contributed by atoms with Gasteiger partial charge in [-0.1, -0.05) is 20.3 Å². The molecule has 1 saturated carbocycles. The number of nitrogens with two attached hydrogens (primary N) is 1. The molecule has 0 aliphatic heterocycles. The molecule has 1 aliphatic rings. The monoisotopic (exact) mass is 227 g/mol. The molecular formula is C12H25N3O. The fraction of sp³-hybridized carbons (Fsp3) is 0.917. The normalized spacial score (nSPS) is 25.8. The Bertz CT molecular complexity index is 218. The maximum Gasteiger partial charge on any atom is 0.233 e. The van der Waals surface area contributed by atoms with Crippen LogP contribution in [0.2, 0.25) is 0 Å². The highest BCUT2D eigenvalue weighted by Crippen LogP contribution is 2.16. The summed E-state index contributed by atoms with van der Waals surface area (Å²) < 4.78 is 0. The number of amides is 1. The van der Waals surface area contributed by atoms with Gasteiger partial charge in [-0.05, 0) is 25.2 Å². The minimum Gasteiger partial charge on any atom is -0.355 e. The fourth-order valence-electron chi connectivity index (χ4n) is 2.03. The van der Waals surface area contributed by atoms with Crippen molar-refractivity contribution in [3.8, 4) is 0 Å². The Morgan fingerprint density at radius 1 is 1.44 bits per heavy atom. The predicted octanol–water partition coefficient (Wildman–Crippen LogP) is 0.618. The second kappa shape index (κ2) is 6.86. The number of carbonyl (C=O) groups excluding carboxylic acids is 1. The van der Waals surface area contributed by atoms with E-state index in [0.29, 0.717) is 24.5 Å². The van der Waals surface area contributed by atoms with E-state index in [4.69, 9.17) is 5.73 Å². The van der Waals surface area contributed by atoms with Gasteiger partial charge in [0.1, 0.15) is 0 Å². The van der Waals surface area contributed by atoms with Crippen molar-refractivity contribution in [1.29, 1.82) is 0 Å². The van der Waals surface area contributed by atoms with Crippen LogP contribution in [0.3, 0.4) is 0 Å². The molecule has 4 N–H and O–H groups in total. The standard InChI is InChI=1S/C12H25N3O/c1-9(2)7-15-12(16)8-14-11-5-3-4-10(13)6-11/h9-11,14H,3-8,13H2,1-2H3,(H,15,16). The lowest BCUT2D eigenvalue weighted by Gasteiger charge is -2.27. The Kier molecular flexibility index (Phi) is 5.77. The molecule has 1 aliphatic carbocycles. The lowest BCUT2D eigenvalue weighted by atomic mass is 9.92. The summed E-state index contributed by atoms with van der Waals surface area (Å²) in [5, 5.41) is 6.18. The average Bonchev–Trinajstić information content (AvgIpc) is 2.23. The summed E-state index contributed by atoms with van der Waals surface area (Å²) in [6.45, 7) is 5.36. The van der Waals surface area contributed by atoms with Gasteiger partial charge in [-0.15, -0.1) is 0 Å². The first-order valence-electron chi connectivity index (χ1n) is 6.33. The largest absolute Gasteiger partial charge is 0.355 e. The van der Waals surface area contributed by atoms with Gasteiger partial charge in [0.25, 0.3) is 0 Å². The van der Waals surface area contributed by atoms with E-state index in [2.05, 4.69) is 24.5 Å². The van der Waals surface area contributed by atoms with Crippen molar-refractivity contribution in [2.75, 3.05) is 13.1 Å². The van der Waals surface area contributed by atoms with E-state index in [9.17, 15) is 4.79 Å².